The molecule has 0 amide bonds. The van der Waals surface area contributed by atoms with Crippen LogP contribution < -0.4 is 15.5 Å². The number of thiocarbonyl (C=S) groups is 1. The summed E-state index contributed by atoms with van der Waals surface area (Å²) in [6, 6.07) is 7.31. The molecule has 1 atom stereocenters. The van der Waals surface area contributed by atoms with Crippen molar-refractivity contribution in [3.8, 4) is 5.75 Å². The first-order valence-corrected chi connectivity index (χ1v) is 11.0. The lowest BCUT2D eigenvalue weighted by atomic mass is 10.2. The van der Waals surface area contributed by atoms with Gasteiger partial charge in [0.1, 0.15) is 5.75 Å². The largest absolute Gasteiger partial charge is 0.495 e. The molecule has 3 rings (SSSR count). The standard InChI is InChI=1S/C18H23N5O3S2/c1-12-15(13(2)23(22-12)14-8-9-28(24,25)11-14)10-19-21-18(27)20-16-6-4-5-7-17(16)26-3/h4-7,10,14H,8-9,11H2,1-3H3,(H2,20,21,27)/b19-10-/t14-/m0/s1. The van der Waals surface area contributed by atoms with Crippen molar-refractivity contribution >= 4 is 39.1 Å². The molecular formula is C18H23N5O3S2. The minimum atomic E-state index is -2.97. The molecule has 150 valence electrons. The summed E-state index contributed by atoms with van der Waals surface area (Å²) in [6.45, 7) is 3.79. The van der Waals surface area contributed by atoms with Gasteiger partial charge in [-0.05, 0) is 44.6 Å². The van der Waals surface area contributed by atoms with Gasteiger partial charge in [-0.1, -0.05) is 12.1 Å². The summed E-state index contributed by atoms with van der Waals surface area (Å²) in [5.41, 5.74) is 6.03. The lowest BCUT2D eigenvalue weighted by molar-refractivity contribution is 0.417. The van der Waals surface area contributed by atoms with Crippen LogP contribution in [0, 0.1) is 13.8 Å². The molecule has 8 nitrogen and oxygen atoms in total. The third-order valence-electron chi connectivity index (χ3n) is 4.65. The van der Waals surface area contributed by atoms with E-state index in [0.717, 1.165) is 22.6 Å². The zero-order chi connectivity index (χ0) is 20.3. The number of sulfone groups is 1. The molecule has 1 fully saturated rings. The van der Waals surface area contributed by atoms with Crippen LogP contribution in [0.15, 0.2) is 29.4 Å². The van der Waals surface area contributed by atoms with E-state index < -0.39 is 9.84 Å². The third kappa shape index (κ3) is 4.50. The van der Waals surface area contributed by atoms with Crippen molar-refractivity contribution in [1.29, 1.82) is 0 Å². The van der Waals surface area contributed by atoms with Crippen molar-refractivity contribution in [2.45, 2.75) is 26.3 Å². The maximum atomic E-state index is 11.8. The van der Waals surface area contributed by atoms with Crippen LogP contribution in [0.5, 0.6) is 5.75 Å². The summed E-state index contributed by atoms with van der Waals surface area (Å²) >= 11 is 5.26. The van der Waals surface area contributed by atoms with Crippen LogP contribution in [0.3, 0.4) is 0 Å². The third-order valence-corrected chi connectivity index (χ3v) is 6.59. The van der Waals surface area contributed by atoms with Crippen LogP contribution in [-0.4, -0.2) is 48.1 Å². The molecule has 2 N–H and O–H groups in total. The lowest BCUT2D eigenvalue weighted by Crippen LogP contribution is -2.24. The summed E-state index contributed by atoms with van der Waals surface area (Å²) in [5, 5.41) is 12.1. The fourth-order valence-corrected chi connectivity index (χ4v) is 5.09. The lowest BCUT2D eigenvalue weighted by Gasteiger charge is -2.11. The van der Waals surface area contributed by atoms with Crippen molar-refractivity contribution in [3.63, 3.8) is 0 Å². The number of nitrogens with one attached hydrogen (secondary N) is 2. The Morgan fingerprint density at radius 3 is 2.82 bits per heavy atom. The van der Waals surface area contributed by atoms with Gasteiger partial charge in [0.2, 0.25) is 0 Å². The number of benzene rings is 1. The highest BCUT2D eigenvalue weighted by Crippen LogP contribution is 2.26. The molecule has 28 heavy (non-hydrogen) atoms. The van der Waals surface area contributed by atoms with Gasteiger partial charge in [-0.25, -0.2) is 8.42 Å². The number of rotatable bonds is 5. The zero-order valence-corrected chi connectivity index (χ0v) is 17.6. The van der Waals surface area contributed by atoms with Crippen molar-refractivity contribution in [3.05, 3.63) is 41.2 Å². The van der Waals surface area contributed by atoms with E-state index in [9.17, 15) is 8.42 Å². The van der Waals surface area contributed by atoms with E-state index in [2.05, 4.69) is 20.9 Å². The molecule has 0 spiro atoms. The molecule has 2 aromatic rings. The number of hydrazone groups is 1. The van der Waals surface area contributed by atoms with Gasteiger partial charge in [-0.15, -0.1) is 0 Å². The molecule has 0 saturated carbocycles. The van der Waals surface area contributed by atoms with Gasteiger partial charge in [0.25, 0.3) is 0 Å². The predicted molar refractivity (Wildman–Crippen MR) is 114 cm³/mol. The summed E-state index contributed by atoms with van der Waals surface area (Å²) in [5.74, 6) is 1.02. The van der Waals surface area contributed by atoms with E-state index in [1.807, 2.05) is 38.1 Å². The molecule has 2 heterocycles. The summed E-state index contributed by atoms with van der Waals surface area (Å²) in [6.07, 6.45) is 2.24. The average Bonchev–Trinajstić information content (AvgIpc) is 3.15. The number of aryl methyl sites for hydroxylation is 1. The Morgan fingerprint density at radius 1 is 1.39 bits per heavy atom. The van der Waals surface area contributed by atoms with E-state index in [-0.39, 0.29) is 17.5 Å². The van der Waals surface area contributed by atoms with Gasteiger partial charge in [-0.2, -0.15) is 10.2 Å². The Kier molecular flexibility index (Phi) is 5.99. The summed E-state index contributed by atoms with van der Waals surface area (Å²) in [4.78, 5) is 0. The fraction of sp³-hybridized carbons (Fsp3) is 0.389. The van der Waals surface area contributed by atoms with E-state index in [0.29, 0.717) is 17.3 Å². The molecule has 1 aromatic carbocycles. The Morgan fingerprint density at radius 2 is 2.14 bits per heavy atom. The summed E-state index contributed by atoms with van der Waals surface area (Å²) < 4.78 is 30.6. The first kappa shape index (κ1) is 20.3. The molecule has 1 aliphatic heterocycles. The molecule has 1 aromatic heterocycles. The highest BCUT2D eigenvalue weighted by atomic mass is 32.2. The Balaban J connectivity index is 1.67. The fourth-order valence-electron chi connectivity index (χ4n) is 3.24. The van der Waals surface area contributed by atoms with Crippen molar-refractivity contribution in [2.24, 2.45) is 5.10 Å². The first-order chi connectivity index (χ1) is 13.3. The molecule has 1 aliphatic rings. The molecule has 0 radical (unpaired) electrons. The predicted octanol–water partition coefficient (Wildman–Crippen LogP) is 2.19. The second-order valence-corrected chi connectivity index (χ2v) is 9.25. The van der Waals surface area contributed by atoms with Gasteiger partial charge in [0, 0.05) is 11.3 Å². The number of para-hydroxylation sites is 2. The van der Waals surface area contributed by atoms with Crippen LogP contribution in [0.2, 0.25) is 0 Å². The zero-order valence-electron chi connectivity index (χ0n) is 16.0. The van der Waals surface area contributed by atoms with Crippen LogP contribution in [0.25, 0.3) is 0 Å². The second-order valence-electron chi connectivity index (χ2n) is 6.61. The van der Waals surface area contributed by atoms with Crippen LogP contribution >= 0.6 is 12.2 Å². The SMILES string of the molecule is COc1ccccc1NC(=S)N/N=C\c1c(C)nn([C@H]2CCS(=O)(=O)C2)c1C. The highest BCUT2D eigenvalue weighted by molar-refractivity contribution is 7.91. The molecule has 0 bridgehead atoms. The summed E-state index contributed by atoms with van der Waals surface area (Å²) in [7, 11) is -1.38. The van der Waals surface area contributed by atoms with Crippen molar-refractivity contribution in [1.82, 2.24) is 15.2 Å². The second kappa shape index (κ2) is 8.27. The number of methoxy groups -OCH3 is 1. The van der Waals surface area contributed by atoms with Crippen molar-refractivity contribution < 1.29 is 13.2 Å². The maximum absolute atomic E-state index is 11.8. The molecule has 1 saturated heterocycles. The minimum Gasteiger partial charge on any atom is -0.495 e. The van der Waals surface area contributed by atoms with E-state index in [1.54, 1.807) is 18.0 Å². The topological polar surface area (TPSA) is 97.6 Å². The number of anilines is 1. The van der Waals surface area contributed by atoms with Crippen LogP contribution in [0.1, 0.15) is 29.4 Å². The first-order valence-electron chi connectivity index (χ1n) is 8.80. The van der Waals surface area contributed by atoms with E-state index >= 15 is 0 Å². The number of hydrogen-bond donors (Lipinski definition) is 2. The van der Waals surface area contributed by atoms with E-state index in [4.69, 9.17) is 17.0 Å². The van der Waals surface area contributed by atoms with Crippen molar-refractivity contribution in [2.75, 3.05) is 23.9 Å². The smallest absolute Gasteiger partial charge is 0.191 e. The van der Waals surface area contributed by atoms with Gasteiger partial charge in [0.05, 0.1) is 42.3 Å². The van der Waals surface area contributed by atoms with Crippen LogP contribution in [-0.2, 0) is 9.84 Å². The Hall–Kier alpha value is -2.46. The number of nitrogens with zero attached hydrogens (tertiary/aromatic N) is 3. The minimum absolute atomic E-state index is 0.118. The number of aromatic nitrogens is 2. The van der Waals surface area contributed by atoms with Gasteiger partial charge in [0.15, 0.2) is 14.9 Å². The van der Waals surface area contributed by atoms with Gasteiger partial charge >= 0.3 is 0 Å². The van der Waals surface area contributed by atoms with Gasteiger partial charge < -0.3 is 10.1 Å². The average molecular weight is 422 g/mol. The Bertz CT molecular complexity index is 1010. The van der Waals surface area contributed by atoms with E-state index in [1.165, 1.54) is 0 Å². The quantitative estimate of drug-likeness (QED) is 0.434. The monoisotopic (exact) mass is 421 g/mol. The molecule has 0 aliphatic carbocycles. The highest BCUT2D eigenvalue weighted by Gasteiger charge is 2.31. The Labute approximate surface area is 169 Å². The molecule has 10 heteroatoms. The van der Waals surface area contributed by atoms with Crippen LogP contribution in [0.4, 0.5) is 5.69 Å². The molecular weight excluding hydrogens is 398 g/mol. The molecule has 0 unspecified atom stereocenters. The number of ether oxygens (including phenoxy) is 1. The van der Waals surface area contributed by atoms with Gasteiger partial charge in [-0.3, -0.25) is 10.1 Å². The maximum Gasteiger partial charge on any atom is 0.191 e. The normalized spacial score (nSPS) is 18.3. The number of hydrogen-bond acceptors (Lipinski definition) is 6.